The van der Waals surface area contributed by atoms with Gasteiger partial charge in [0, 0.05) is 6.07 Å². The summed E-state index contributed by atoms with van der Waals surface area (Å²) < 4.78 is 9.02. The molecule has 0 unspecified atom stereocenters. The van der Waals surface area contributed by atoms with Crippen molar-refractivity contribution in [3.63, 3.8) is 0 Å². The molecule has 2 aromatic carbocycles. The summed E-state index contributed by atoms with van der Waals surface area (Å²) in [6.45, 7) is 4.80. The number of aryl methyl sites for hydroxylation is 2. The van der Waals surface area contributed by atoms with Crippen LogP contribution in [0.5, 0.6) is 0 Å². The Kier molecular flexibility index (Phi) is 3.92. The van der Waals surface area contributed by atoms with Crippen molar-refractivity contribution >= 4 is 22.6 Å². The summed E-state index contributed by atoms with van der Waals surface area (Å²) in [7, 11) is 1.39. The predicted octanol–water partition coefficient (Wildman–Crippen LogP) is 3.23. The maximum atomic E-state index is 11.6. The summed E-state index contributed by atoms with van der Waals surface area (Å²) >= 11 is 0. The lowest BCUT2D eigenvalue weighted by Crippen LogP contribution is -2.34. The first-order valence-corrected chi connectivity index (χ1v) is 8.53. The minimum Gasteiger partial charge on any atom is -0.465 e. The van der Waals surface area contributed by atoms with E-state index in [0.717, 1.165) is 33.5 Å². The first kappa shape index (κ1) is 16.3. The lowest BCUT2D eigenvalue weighted by atomic mass is 10.1. The zero-order valence-electron chi connectivity index (χ0n) is 15.1. The van der Waals surface area contributed by atoms with Gasteiger partial charge in [-0.05, 0) is 49.2 Å². The number of methoxy groups -OCH3 is 1. The second-order valence-electron chi connectivity index (χ2n) is 6.45. The van der Waals surface area contributed by atoms with E-state index in [4.69, 9.17) is 9.84 Å². The zero-order valence-corrected chi connectivity index (χ0v) is 15.1. The van der Waals surface area contributed by atoms with Gasteiger partial charge in [0.2, 0.25) is 5.52 Å². The molecule has 0 radical (unpaired) electrons. The number of esters is 1. The van der Waals surface area contributed by atoms with Crippen LogP contribution in [-0.2, 0) is 11.3 Å². The molecule has 2 aromatic heterocycles. The standard InChI is InChI=1S/C21H20N3O2/c1-14-12-20-23(13-16-8-10-17(11-9-16)21(25)26-3)18-6-4-5-7-19(18)24(20)22-15(14)2/h4-12H,13H2,1-3H3/q+1. The molecule has 5 heteroatoms. The van der Waals surface area contributed by atoms with Gasteiger partial charge >= 0.3 is 11.6 Å². The fourth-order valence-corrected chi connectivity index (χ4v) is 3.22. The fraction of sp³-hybridized carbons (Fsp3) is 0.190. The van der Waals surface area contributed by atoms with E-state index in [0.29, 0.717) is 12.1 Å². The number of carbonyl (C=O) groups excluding carboxylic acids is 1. The topological polar surface area (TPSA) is 47.5 Å². The van der Waals surface area contributed by atoms with Gasteiger partial charge in [0.1, 0.15) is 6.54 Å². The van der Waals surface area contributed by atoms with Crippen LogP contribution in [0.2, 0.25) is 0 Å². The number of fused-ring (bicyclic) bond motifs is 3. The summed E-state index contributed by atoms with van der Waals surface area (Å²) in [6.07, 6.45) is 0. The van der Waals surface area contributed by atoms with Crippen LogP contribution in [0.1, 0.15) is 27.2 Å². The first-order chi connectivity index (χ1) is 12.6. The number of rotatable bonds is 3. The Morgan fingerprint density at radius 1 is 1.12 bits per heavy atom. The van der Waals surface area contributed by atoms with Gasteiger partial charge in [0.25, 0.3) is 0 Å². The van der Waals surface area contributed by atoms with E-state index < -0.39 is 0 Å². The molecule has 0 amide bonds. The molecule has 2 heterocycles. The van der Waals surface area contributed by atoms with Gasteiger partial charge in [-0.15, -0.1) is 0 Å². The van der Waals surface area contributed by atoms with Crippen molar-refractivity contribution in [3.05, 3.63) is 77.0 Å². The smallest absolute Gasteiger partial charge is 0.337 e. The largest absolute Gasteiger partial charge is 0.465 e. The van der Waals surface area contributed by atoms with Gasteiger partial charge in [0.05, 0.1) is 18.4 Å². The molecular formula is C21H20N3O2+. The second kappa shape index (κ2) is 6.26. The molecule has 0 aliphatic rings. The number of benzene rings is 2. The number of nitrogens with zero attached hydrogens (tertiary/aromatic N) is 3. The summed E-state index contributed by atoms with van der Waals surface area (Å²) in [5.41, 5.74) is 7.10. The Balaban J connectivity index is 1.85. The number of hydrogen-bond acceptors (Lipinski definition) is 3. The Labute approximate surface area is 151 Å². The highest BCUT2D eigenvalue weighted by molar-refractivity contribution is 5.89. The van der Waals surface area contributed by atoms with Crippen molar-refractivity contribution in [3.8, 4) is 0 Å². The SMILES string of the molecule is COC(=O)c1ccc(C[n+]2c3ccccc3n3nc(C)c(C)cc32)cc1. The third-order valence-electron chi connectivity index (χ3n) is 4.78. The number of hydrogen-bond donors (Lipinski definition) is 0. The van der Waals surface area contributed by atoms with Gasteiger partial charge < -0.3 is 4.74 Å². The van der Waals surface area contributed by atoms with Gasteiger partial charge in [-0.1, -0.05) is 33.9 Å². The quantitative estimate of drug-likeness (QED) is 0.423. The molecule has 0 fully saturated rings. The molecule has 130 valence electrons. The van der Waals surface area contributed by atoms with Crippen LogP contribution >= 0.6 is 0 Å². The highest BCUT2D eigenvalue weighted by atomic mass is 16.5. The van der Waals surface area contributed by atoms with E-state index in [1.54, 1.807) is 12.1 Å². The van der Waals surface area contributed by atoms with E-state index in [9.17, 15) is 4.79 Å². The van der Waals surface area contributed by atoms with Crippen molar-refractivity contribution in [2.75, 3.05) is 7.11 Å². The van der Waals surface area contributed by atoms with Crippen LogP contribution in [0.15, 0.2) is 54.6 Å². The van der Waals surface area contributed by atoms with E-state index in [2.05, 4.69) is 29.7 Å². The number of carbonyl (C=O) groups is 1. The molecule has 0 spiro atoms. The highest BCUT2D eigenvalue weighted by Gasteiger charge is 2.21. The molecule has 0 saturated heterocycles. The van der Waals surface area contributed by atoms with Gasteiger partial charge in [-0.2, -0.15) is 0 Å². The molecule has 4 aromatic rings. The van der Waals surface area contributed by atoms with Crippen LogP contribution in [0.4, 0.5) is 0 Å². The molecule has 4 rings (SSSR count). The van der Waals surface area contributed by atoms with Crippen molar-refractivity contribution in [2.24, 2.45) is 0 Å². The number of imidazole rings is 1. The van der Waals surface area contributed by atoms with Crippen LogP contribution < -0.4 is 4.57 Å². The van der Waals surface area contributed by atoms with Gasteiger partial charge in [-0.25, -0.2) is 9.36 Å². The van der Waals surface area contributed by atoms with E-state index >= 15 is 0 Å². The van der Waals surface area contributed by atoms with Gasteiger partial charge in [-0.3, -0.25) is 0 Å². The third-order valence-corrected chi connectivity index (χ3v) is 4.78. The normalized spacial score (nSPS) is 11.2. The summed E-state index contributed by atoms with van der Waals surface area (Å²) in [4.78, 5) is 11.6. The van der Waals surface area contributed by atoms with Gasteiger partial charge in [0.15, 0.2) is 5.52 Å². The summed E-state index contributed by atoms with van der Waals surface area (Å²) in [5, 5.41) is 4.75. The van der Waals surface area contributed by atoms with Crippen molar-refractivity contribution in [2.45, 2.75) is 20.4 Å². The molecule has 0 saturated carbocycles. The fourth-order valence-electron chi connectivity index (χ4n) is 3.22. The highest BCUT2D eigenvalue weighted by Crippen LogP contribution is 2.17. The summed E-state index contributed by atoms with van der Waals surface area (Å²) in [6, 6.07) is 18.0. The average Bonchev–Trinajstić information content (AvgIpc) is 2.95. The molecule has 0 aliphatic carbocycles. The Bertz CT molecular complexity index is 1130. The van der Waals surface area contributed by atoms with E-state index in [1.165, 1.54) is 7.11 Å². The summed E-state index contributed by atoms with van der Waals surface area (Å²) in [5.74, 6) is -0.320. The molecule has 0 atom stereocenters. The van der Waals surface area contributed by atoms with E-state index in [1.807, 2.05) is 35.7 Å². The van der Waals surface area contributed by atoms with Crippen molar-refractivity contribution in [1.82, 2.24) is 9.61 Å². The van der Waals surface area contributed by atoms with Crippen LogP contribution in [0, 0.1) is 13.8 Å². The molecular weight excluding hydrogens is 326 g/mol. The van der Waals surface area contributed by atoms with E-state index in [-0.39, 0.29) is 5.97 Å². The minimum atomic E-state index is -0.320. The Morgan fingerprint density at radius 2 is 1.85 bits per heavy atom. The van der Waals surface area contributed by atoms with Crippen molar-refractivity contribution < 1.29 is 14.1 Å². The lowest BCUT2D eigenvalue weighted by Gasteiger charge is -2.03. The predicted molar refractivity (Wildman–Crippen MR) is 99.3 cm³/mol. The third kappa shape index (κ3) is 2.62. The first-order valence-electron chi connectivity index (χ1n) is 8.53. The number of aromatic nitrogens is 3. The van der Waals surface area contributed by atoms with Crippen LogP contribution in [-0.4, -0.2) is 22.7 Å². The minimum absolute atomic E-state index is 0.320. The van der Waals surface area contributed by atoms with Crippen molar-refractivity contribution in [1.29, 1.82) is 0 Å². The monoisotopic (exact) mass is 346 g/mol. The molecule has 0 bridgehead atoms. The maximum absolute atomic E-state index is 11.6. The number of para-hydroxylation sites is 2. The van der Waals surface area contributed by atoms with Crippen LogP contribution in [0.25, 0.3) is 16.7 Å². The molecule has 0 aliphatic heterocycles. The number of ether oxygens (including phenoxy) is 1. The average molecular weight is 346 g/mol. The molecule has 26 heavy (non-hydrogen) atoms. The lowest BCUT2D eigenvalue weighted by molar-refractivity contribution is -0.636. The Morgan fingerprint density at radius 3 is 2.58 bits per heavy atom. The van der Waals surface area contributed by atoms with Crippen LogP contribution in [0.3, 0.4) is 0 Å². The Hall–Kier alpha value is -3.21. The molecule has 5 nitrogen and oxygen atoms in total. The molecule has 0 N–H and O–H groups in total. The zero-order chi connectivity index (χ0) is 18.3. The second-order valence-corrected chi connectivity index (χ2v) is 6.45. The maximum Gasteiger partial charge on any atom is 0.337 e.